The third kappa shape index (κ3) is 2.55. The minimum Gasteiger partial charge on any atom is -0.309 e. The molecule has 1 N–H and O–H groups in total. The average molecular weight is 282 g/mol. The minimum atomic E-state index is 0.356. The normalized spacial score (nSPS) is 31.0. The van der Waals surface area contributed by atoms with Crippen LogP contribution in [-0.2, 0) is 7.05 Å². The number of aryl methyl sites for hydroxylation is 1. The Morgan fingerprint density at radius 2 is 2.32 bits per heavy atom. The van der Waals surface area contributed by atoms with Crippen LogP contribution in [-0.4, -0.2) is 16.3 Å². The highest BCUT2D eigenvalue weighted by molar-refractivity contribution is 6.31. The van der Waals surface area contributed by atoms with Crippen LogP contribution in [0.15, 0.2) is 6.20 Å². The molecule has 4 heteroatoms. The van der Waals surface area contributed by atoms with Crippen LogP contribution in [0.2, 0.25) is 5.02 Å². The van der Waals surface area contributed by atoms with E-state index in [2.05, 4.69) is 17.3 Å². The van der Waals surface area contributed by atoms with Crippen molar-refractivity contribution in [2.24, 2.45) is 24.8 Å². The first-order valence-electron chi connectivity index (χ1n) is 7.59. The molecule has 0 radical (unpaired) electrons. The number of nitrogens with one attached hydrogen (secondary N) is 1. The van der Waals surface area contributed by atoms with Gasteiger partial charge in [0.05, 0.1) is 23.0 Å². The van der Waals surface area contributed by atoms with Gasteiger partial charge >= 0.3 is 0 Å². The minimum absolute atomic E-state index is 0.356. The zero-order valence-electron chi connectivity index (χ0n) is 11.9. The maximum Gasteiger partial charge on any atom is 0.0834 e. The Kier molecular flexibility index (Phi) is 3.86. The fraction of sp³-hybridized carbons (Fsp3) is 0.800. The molecule has 4 unspecified atom stereocenters. The Bertz CT molecular complexity index is 423. The van der Waals surface area contributed by atoms with Crippen molar-refractivity contribution in [2.75, 3.05) is 6.54 Å². The van der Waals surface area contributed by atoms with E-state index in [0.29, 0.717) is 6.04 Å². The molecule has 2 fully saturated rings. The van der Waals surface area contributed by atoms with Crippen molar-refractivity contribution in [3.05, 3.63) is 16.9 Å². The summed E-state index contributed by atoms with van der Waals surface area (Å²) in [7, 11) is 1.99. The topological polar surface area (TPSA) is 29.9 Å². The van der Waals surface area contributed by atoms with Gasteiger partial charge in [0.15, 0.2) is 0 Å². The maximum atomic E-state index is 6.32. The van der Waals surface area contributed by atoms with Gasteiger partial charge in [-0.15, -0.1) is 0 Å². The van der Waals surface area contributed by atoms with Crippen LogP contribution < -0.4 is 5.32 Å². The zero-order valence-corrected chi connectivity index (χ0v) is 12.7. The van der Waals surface area contributed by atoms with E-state index in [9.17, 15) is 0 Å². The summed E-state index contributed by atoms with van der Waals surface area (Å²) >= 11 is 6.32. The van der Waals surface area contributed by atoms with E-state index in [1.807, 2.05) is 11.7 Å². The molecule has 2 aliphatic carbocycles. The van der Waals surface area contributed by atoms with E-state index in [1.54, 1.807) is 6.20 Å². The predicted octanol–water partition coefficient (Wildman–Crippen LogP) is 3.55. The Labute approximate surface area is 120 Å². The van der Waals surface area contributed by atoms with E-state index >= 15 is 0 Å². The van der Waals surface area contributed by atoms with Gasteiger partial charge in [0, 0.05) is 7.05 Å². The summed E-state index contributed by atoms with van der Waals surface area (Å²) in [6.45, 7) is 3.14. The lowest BCUT2D eigenvalue weighted by atomic mass is 9.83. The largest absolute Gasteiger partial charge is 0.309 e. The number of halogens is 1. The SMILES string of the molecule is CCNC(CC1CC2CCC1C2)c1c(Cl)cnn1C. The average Bonchev–Trinajstić information content (AvgIpc) is 3.06. The Morgan fingerprint density at radius 1 is 1.47 bits per heavy atom. The van der Waals surface area contributed by atoms with E-state index in [-0.39, 0.29) is 0 Å². The second-order valence-electron chi connectivity index (χ2n) is 6.28. The van der Waals surface area contributed by atoms with Gasteiger partial charge in [0.1, 0.15) is 0 Å². The molecule has 1 aromatic heterocycles. The maximum absolute atomic E-state index is 6.32. The lowest BCUT2D eigenvalue weighted by Crippen LogP contribution is -2.27. The molecular formula is C15H24ClN3. The van der Waals surface area contributed by atoms with Gasteiger partial charge in [-0.3, -0.25) is 4.68 Å². The first kappa shape index (κ1) is 13.4. The van der Waals surface area contributed by atoms with Crippen LogP contribution in [0, 0.1) is 17.8 Å². The van der Waals surface area contributed by atoms with Crippen molar-refractivity contribution in [3.63, 3.8) is 0 Å². The molecule has 1 aromatic rings. The van der Waals surface area contributed by atoms with Crippen LogP contribution >= 0.6 is 11.6 Å². The molecule has 0 aromatic carbocycles. The van der Waals surface area contributed by atoms with Crippen LogP contribution in [0.1, 0.15) is 50.8 Å². The Balaban J connectivity index is 1.74. The molecule has 0 amide bonds. The van der Waals surface area contributed by atoms with Gasteiger partial charge in [0.25, 0.3) is 0 Å². The summed E-state index contributed by atoms with van der Waals surface area (Å²) in [6.07, 6.45) is 8.81. The van der Waals surface area contributed by atoms with Gasteiger partial charge in [-0.05, 0) is 50.0 Å². The second-order valence-corrected chi connectivity index (χ2v) is 6.69. The summed E-state index contributed by atoms with van der Waals surface area (Å²) in [5, 5.41) is 8.70. The predicted molar refractivity (Wildman–Crippen MR) is 78.2 cm³/mol. The quantitative estimate of drug-likeness (QED) is 0.894. The summed E-state index contributed by atoms with van der Waals surface area (Å²) in [5.41, 5.74) is 1.16. The smallest absolute Gasteiger partial charge is 0.0834 e. The fourth-order valence-electron chi connectivity index (χ4n) is 4.32. The summed E-state index contributed by atoms with van der Waals surface area (Å²) < 4.78 is 1.93. The number of hydrogen-bond acceptors (Lipinski definition) is 2. The van der Waals surface area contributed by atoms with Crippen molar-refractivity contribution < 1.29 is 0 Å². The molecule has 0 aliphatic heterocycles. The number of fused-ring (bicyclic) bond motifs is 2. The first-order chi connectivity index (χ1) is 9.19. The second kappa shape index (κ2) is 5.45. The van der Waals surface area contributed by atoms with Crippen molar-refractivity contribution in [3.8, 4) is 0 Å². The lowest BCUT2D eigenvalue weighted by Gasteiger charge is -2.27. The molecule has 0 spiro atoms. The molecule has 4 atom stereocenters. The summed E-state index contributed by atoms with van der Waals surface area (Å²) in [6, 6.07) is 0.356. The van der Waals surface area contributed by atoms with Crippen LogP contribution in [0.3, 0.4) is 0 Å². The molecule has 3 nitrogen and oxygen atoms in total. The molecule has 2 saturated carbocycles. The molecule has 3 rings (SSSR count). The van der Waals surface area contributed by atoms with Gasteiger partial charge in [-0.25, -0.2) is 0 Å². The number of hydrogen-bond donors (Lipinski definition) is 1. The zero-order chi connectivity index (χ0) is 13.4. The van der Waals surface area contributed by atoms with Crippen molar-refractivity contribution in [1.82, 2.24) is 15.1 Å². The summed E-state index contributed by atoms with van der Waals surface area (Å²) in [5.74, 6) is 2.87. The highest BCUT2D eigenvalue weighted by atomic mass is 35.5. The number of rotatable bonds is 5. The van der Waals surface area contributed by atoms with E-state index < -0.39 is 0 Å². The van der Waals surface area contributed by atoms with E-state index in [0.717, 1.165) is 35.0 Å². The fourth-order valence-corrected chi connectivity index (χ4v) is 4.62. The van der Waals surface area contributed by atoms with Gasteiger partial charge in [-0.2, -0.15) is 5.10 Å². The summed E-state index contributed by atoms with van der Waals surface area (Å²) in [4.78, 5) is 0. The highest BCUT2D eigenvalue weighted by Gasteiger charge is 2.40. The molecule has 19 heavy (non-hydrogen) atoms. The van der Waals surface area contributed by atoms with Crippen LogP contribution in [0.25, 0.3) is 0 Å². The lowest BCUT2D eigenvalue weighted by molar-refractivity contribution is 0.276. The van der Waals surface area contributed by atoms with E-state index in [4.69, 9.17) is 11.6 Å². The standard InChI is InChI=1S/C15H24ClN3/c1-3-17-14(15-13(16)9-18-19(15)2)8-12-7-10-4-5-11(12)6-10/h9-12,14,17H,3-8H2,1-2H3. The Hall–Kier alpha value is -0.540. The Morgan fingerprint density at radius 3 is 2.84 bits per heavy atom. The monoisotopic (exact) mass is 281 g/mol. The van der Waals surface area contributed by atoms with Gasteiger partial charge < -0.3 is 5.32 Å². The van der Waals surface area contributed by atoms with Crippen molar-refractivity contribution in [2.45, 2.75) is 45.1 Å². The van der Waals surface area contributed by atoms with Crippen molar-refractivity contribution in [1.29, 1.82) is 0 Å². The first-order valence-corrected chi connectivity index (χ1v) is 7.97. The molecule has 106 valence electrons. The number of aromatic nitrogens is 2. The number of nitrogens with zero attached hydrogens (tertiary/aromatic N) is 2. The highest BCUT2D eigenvalue weighted by Crippen LogP contribution is 2.51. The third-order valence-electron chi connectivity index (χ3n) is 5.14. The van der Waals surface area contributed by atoms with Crippen LogP contribution in [0.4, 0.5) is 0 Å². The van der Waals surface area contributed by atoms with Crippen molar-refractivity contribution >= 4 is 11.6 Å². The van der Waals surface area contributed by atoms with E-state index in [1.165, 1.54) is 32.1 Å². The molecule has 1 heterocycles. The third-order valence-corrected chi connectivity index (χ3v) is 5.43. The van der Waals surface area contributed by atoms with Gasteiger partial charge in [-0.1, -0.05) is 24.9 Å². The molecule has 2 aliphatic rings. The van der Waals surface area contributed by atoms with Crippen LogP contribution in [0.5, 0.6) is 0 Å². The van der Waals surface area contributed by atoms with Gasteiger partial charge in [0.2, 0.25) is 0 Å². The molecule has 0 saturated heterocycles. The molecule has 2 bridgehead atoms. The molecular weight excluding hydrogens is 258 g/mol.